The summed E-state index contributed by atoms with van der Waals surface area (Å²) in [5, 5.41) is 20.3. The predicted molar refractivity (Wildman–Crippen MR) is 83.7 cm³/mol. The number of hydrogen-bond donors (Lipinski definition) is 2. The molecule has 2 amide bonds. The molecule has 26 heavy (non-hydrogen) atoms. The van der Waals surface area contributed by atoms with Gasteiger partial charge in [0, 0.05) is 24.3 Å². The number of amides is 2. The van der Waals surface area contributed by atoms with Gasteiger partial charge in [-0.1, -0.05) is 0 Å². The second-order valence-electron chi connectivity index (χ2n) is 7.23. The predicted octanol–water partition coefficient (Wildman–Crippen LogP) is 0.791. The molecule has 138 valence electrons. The molecule has 8 heteroatoms. The summed E-state index contributed by atoms with van der Waals surface area (Å²) >= 11 is 0. The molecule has 1 heterocycles. The van der Waals surface area contributed by atoms with Gasteiger partial charge in [-0.2, -0.15) is 0 Å². The maximum Gasteiger partial charge on any atom is 0.238 e. The van der Waals surface area contributed by atoms with E-state index in [2.05, 4.69) is 0 Å². The number of aliphatic hydroxyl groups excluding tert-OH is 2. The molecule has 4 rings (SSSR count). The van der Waals surface area contributed by atoms with Gasteiger partial charge in [0.25, 0.3) is 0 Å². The Labute approximate surface area is 147 Å². The highest BCUT2D eigenvalue weighted by Gasteiger charge is 2.60. The van der Waals surface area contributed by atoms with Crippen LogP contribution in [0.5, 0.6) is 0 Å². The summed E-state index contributed by atoms with van der Waals surface area (Å²) in [5.74, 6) is -6.73. The van der Waals surface area contributed by atoms with Gasteiger partial charge in [0.15, 0.2) is 0 Å². The summed E-state index contributed by atoms with van der Waals surface area (Å²) in [7, 11) is 0. The molecule has 6 atom stereocenters. The van der Waals surface area contributed by atoms with Gasteiger partial charge in [0.05, 0.1) is 29.7 Å². The number of fused-ring (bicyclic) bond motifs is 3. The van der Waals surface area contributed by atoms with Crippen LogP contribution in [-0.2, 0) is 14.4 Å². The first kappa shape index (κ1) is 17.2. The van der Waals surface area contributed by atoms with Crippen LogP contribution in [0.15, 0.2) is 18.2 Å². The molecule has 3 fully saturated rings. The number of benzene rings is 1. The lowest BCUT2D eigenvalue weighted by Gasteiger charge is -2.44. The van der Waals surface area contributed by atoms with Gasteiger partial charge in [-0.05, 0) is 25.0 Å². The molecule has 2 aliphatic carbocycles. The van der Waals surface area contributed by atoms with Crippen LogP contribution >= 0.6 is 0 Å². The highest BCUT2D eigenvalue weighted by Crippen LogP contribution is 2.50. The van der Waals surface area contributed by atoms with Crippen molar-refractivity contribution in [1.29, 1.82) is 0 Å². The number of hydrogen-bond acceptors (Lipinski definition) is 5. The first-order valence-electron chi connectivity index (χ1n) is 8.53. The van der Waals surface area contributed by atoms with Crippen molar-refractivity contribution in [3.8, 4) is 0 Å². The molecule has 0 radical (unpaired) electrons. The second kappa shape index (κ2) is 5.92. The Morgan fingerprint density at radius 1 is 1.00 bits per heavy atom. The highest BCUT2D eigenvalue weighted by molar-refractivity contribution is 6.22. The average Bonchev–Trinajstić information content (AvgIpc) is 2.84. The average molecular weight is 365 g/mol. The third-order valence-electron chi connectivity index (χ3n) is 5.91. The summed E-state index contributed by atoms with van der Waals surface area (Å²) in [5.41, 5.74) is -0.343. The largest absolute Gasteiger partial charge is 0.390 e. The van der Waals surface area contributed by atoms with E-state index in [-0.39, 0.29) is 24.3 Å². The van der Waals surface area contributed by atoms with Crippen LogP contribution in [0, 0.1) is 35.3 Å². The van der Waals surface area contributed by atoms with Crippen LogP contribution in [0.3, 0.4) is 0 Å². The van der Waals surface area contributed by atoms with Crippen molar-refractivity contribution < 1.29 is 33.4 Å². The fraction of sp³-hybridized carbons (Fsp3) is 0.500. The topological polar surface area (TPSA) is 94.9 Å². The number of carbonyl (C=O) groups is 3. The Morgan fingerprint density at radius 2 is 1.69 bits per heavy atom. The van der Waals surface area contributed by atoms with Crippen molar-refractivity contribution in [2.45, 2.75) is 31.5 Å². The van der Waals surface area contributed by atoms with E-state index < -0.39 is 59.3 Å². The number of halogens is 2. The van der Waals surface area contributed by atoms with E-state index in [1.807, 2.05) is 0 Å². The maximum atomic E-state index is 14.1. The molecule has 3 aliphatic rings. The monoisotopic (exact) mass is 365 g/mol. The van der Waals surface area contributed by atoms with Gasteiger partial charge < -0.3 is 10.2 Å². The van der Waals surface area contributed by atoms with Crippen molar-refractivity contribution in [2.24, 2.45) is 23.7 Å². The van der Waals surface area contributed by atoms with Crippen molar-refractivity contribution in [3.63, 3.8) is 0 Å². The molecular formula is C18H17F2NO5. The van der Waals surface area contributed by atoms with E-state index in [1.54, 1.807) is 0 Å². The van der Waals surface area contributed by atoms with Crippen LogP contribution in [-0.4, -0.2) is 40.0 Å². The summed E-state index contributed by atoms with van der Waals surface area (Å²) < 4.78 is 27.3. The van der Waals surface area contributed by atoms with Crippen molar-refractivity contribution in [2.75, 3.05) is 4.90 Å². The van der Waals surface area contributed by atoms with Gasteiger partial charge >= 0.3 is 0 Å². The van der Waals surface area contributed by atoms with Gasteiger partial charge in [-0.3, -0.25) is 14.4 Å². The molecule has 0 aromatic heterocycles. The smallest absolute Gasteiger partial charge is 0.238 e. The lowest BCUT2D eigenvalue weighted by Crippen LogP contribution is -2.54. The first-order valence-corrected chi connectivity index (χ1v) is 8.53. The number of rotatable bonds is 1. The van der Waals surface area contributed by atoms with E-state index >= 15 is 0 Å². The zero-order valence-corrected chi connectivity index (χ0v) is 13.6. The fourth-order valence-electron chi connectivity index (χ4n) is 4.75. The van der Waals surface area contributed by atoms with Crippen LogP contribution in [0.4, 0.5) is 14.5 Å². The Hall–Kier alpha value is -2.19. The molecular weight excluding hydrogens is 348 g/mol. The number of Topliss-reactive ketones (excluding diaryl/α,β-unsaturated/α-hetero) is 1. The highest BCUT2D eigenvalue weighted by atomic mass is 19.1. The lowest BCUT2D eigenvalue weighted by atomic mass is 9.60. The normalized spacial score (nSPS) is 36.9. The van der Waals surface area contributed by atoms with Crippen LogP contribution in [0.25, 0.3) is 0 Å². The molecule has 0 unspecified atom stereocenters. The van der Waals surface area contributed by atoms with Gasteiger partial charge in [0.2, 0.25) is 11.8 Å². The molecule has 1 aromatic rings. The molecule has 1 aliphatic heterocycles. The SMILES string of the molecule is O=C1C[C@@H](O)[C@@H](O)[C@@H]2[C@@H]3C(=O)N(c4ccc(F)cc4F)C(=O)[C@@H]3CC[C@@H]12. The first-order chi connectivity index (χ1) is 12.3. The van der Waals surface area contributed by atoms with Crippen molar-refractivity contribution in [3.05, 3.63) is 29.8 Å². The molecule has 6 nitrogen and oxygen atoms in total. The minimum Gasteiger partial charge on any atom is -0.390 e. The molecule has 2 N–H and O–H groups in total. The van der Waals surface area contributed by atoms with Crippen LogP contribution in [0.1, 0.15) is 19.3 Å². The van der Waals surface area contributed by atoms with E-state index in [0.717, 1.165) is 12.1 Å². The third-order valence-corrected chi connectivity index (χ3v) is 5.91. The second-order valence-corrected chi connectivity index (χ2v) is 7.23. The standard InChI is InChI=1S/C18H17F2NO5/c19-7-1-4-11(10(20)5-7)21-17(25)9-3-2-8-12(22)6-13(23)16(24)14(8)15(9)18(21)26/h1,4-5,8-9,13-16,23-24H,2-3,6H2/t8-,9+,13+,14-,15+,16+/m0/s1. The van der Waals surface area contributed by atoms with Gasteiger partial charge in [-0.25, -0.2) is 13.7 Å². The molecule has 2 saturated carbocycles. The van der Waals surface area contributed by atoms with Crippen LogP contribution in [0.2, 0.25) is 0 Å². The minimum absolute atomic E-state index is 0.182. The quantitative estimate of drug-likeness (QED) is 0.718. The Morgan fingerprint density at radius 3 is 2.38 bits per heavy atom. The van der Waals surface area contributed by atoms with Crippen molar-refractivity contribution >= 4 is 23.3 Å². The van der Waals surface area contributed by atoms with E-state index in [0.29, 0.717) is 17.4 Å². The Bertz CT molecular complexity index is 813. The van der Waals surface area contributed by atoms with E-state index in [9.17, 15) is 33.4 Å². The number of anilines is 1. The summed E-state index contributed by atoms with van der Waals surface area (Å²) in [6.07, 6.45) is -2.18. The van der Waals surface area contributed by atoms with Crippen molar-refractivity contribution in [1.82, 2.24) is 0 Å². The summed E-state index contributed by atoms with van der Waals surface area (Å²) in [4.78, 5) is 38.6. The zero-order chi connectivity index (χ0) is 18.7. The van der Waals surface area contributed by atoms with Gasteiger partial charge in [0.1, 0.15) is 17.4 Å². The lowest BCUT2D eigenvalue weighted by molar-refractivity contribution is -0.155. The number of ketones is 1. The Balaban J connectivity index is 1.75. The number of carbonyl (C=O) groups excluding carboxylic acids is 3. The van der Waals surface area contributed by atoms with Gasteiger partial charge in [-0.15, -0.1) is 0 Å². The molecule has 1 saturated heterocycles. The molecule has 1 aromatic carbocycles. The molecule has 0 bridgehead atoms. The number of imide groups is 1. The minimum atomic E-state index is -1.31. The zero-order valence-electron chi connectivity index (χ0n) is 13.6. The fourth-order valence-corrected chi connectivity index (χ4v) is 4.75. The Kier molecular flexibility index (Phi) is 3.92. The van der Waals surface area contributed by atoms with E-state index in [4.69, 9.17) is 0 Å². The number of nitrogens with zero attached hydrogens (tertiary/aromatic N) is 1. The third kappa shape index (κ3) is 2.32. The maximum absolute atomic E-state index is 14.1. The molecule has 0 spiro atoms. The summed E-state index contributed by atoms with van der Waals surface area (Å²) in [6.45, 7) is 0. The number of aliphatic hydroxyl groups is 2. The van der Waals surface area contributed by atoms with E-state index in [1.165, 1.54) is 0 Å². The van der Waals surface area contributed by atoms with Crippen LogP contribution < -0.4 is 4.90 Å². The summed E-state index contributed by atoms with van der Waals surface area (Å²) in [6, 6.07) is 2.56.